The lowest BCUT2D eigenvalue weighted by atomic mass is 10.3. The predicted octanol–water partition coefficient (Wildman–Crippen LogP) is 5.08. The zero-order valence-electron chi connectivity index (χ0n) is 8.66. The summed E-state index contributed by atoms with van der Waals surface area (Å²) in [5, 5.41) is 1.83. The zero-order chi connectivity index (χ0) is 12.3. The number of benzene rings is 1. The minimum Gasteiger partial charge on any atom is -0.439 e. The van der Waals surface area contributed by atoms with Gasteiger partial charge in [-0.3, -0.25) is 0 Å². The minimum absolute atomic E-state index is 0.507. The summed E-state index contributed by atoms with van der Waals surface area (Å²) in [6.07, 6.45) is 1.75. The number of hydrogen-bond acceptors (Lipinski definition) is 2. The first-order chi connectivity index (χ1) is 8.17. The van der Waals surface area contributed by atoms with Gasteiger partial charge in [-0.25, -0.2) is 4.98 Å². The summed E-state index contributed by atoms with van der Waals surface area (Å²) in [5.41, 5.74) is 1.08. The maximum atomic E-state index is 5.87. The maximum absolute atomic E-state index is 5.87. The van der Waals surface area contributed by atoms with E-state index in [2.05, 4.69) is 20.9 Å². The summed E-state index contributed by atoms with van der Waals surface area (Å²) in [7, 11) is 0. The second-order valence-electron chi connectivity index (χ2n) is 3.35. The molecule has 17 heavy (non-hydrogen) atoms. The van der Waals surface area contributed by atoms with Gasteiger partial charge in [-0.2, -0.15) is 0 Å². The van der Waals surface area contributed by atoms with Gasteiger partial charge in [0.05, 0.1) is 0 Å². The fraction of sp³-hybridized carbons (Fsp3) is 0.0833. The highest BCUT2D eigenvalue weighted by molar-refractivity contribution is 9.08. The van der Waals surface area contributed by atoms with Crippen molar-refractivity contribution in [1.82, 2.24) is 4.98 Å². The standard InChI is InChI=1S/C12H8BrCl2NO/c13-6-8-1-2-12(16-7-8)17-11-4-9(14)3-10(15)5-11/h1-5,7H,6H2. The third-order valence-corrected chi connectivity index (χ3v) is 3.09. The molecule has 0 saturated carbocycles. The molecule has 0 aliphatic heterocycles. The number of ether oxygens (including phenoxy) is 1. The molecule has 0 aliphatic carbocycles. The van der Waals surface area contributed by atoms with Crippen molar-refractivity contribution in [3.05, 3.63) is 52.1 Å². The minimum atomic E-state index is 0.507. The summed E-state index contributed by atoms with van der Waals surface area (Å²) in [5.74, 6) is 1.08. The molecule has 2 rings (SSSR count). The van der Waals surface area contributed by atoms with Crippen LogP contribution in [-0.2, 0) is 5.33 Å². The number of aromatic nitrogens is 1. The monoisotopic (exact) mass is 331 g/mol. The number of rotatable bonds is 3. The van der Waals surface area contributed by atoms with E-state index >= 15 is 0 Å². The van der Waals surface area contributed by atoms with Crippen LogP contribution >= 0.6 is 39.1 Å². The molecule has 0 N–H and O–H groups in total. The van der Waals surface area contributed by atoms with Gasteiger partial charge in [-0.1, -0.05) is 45.2 Å². The highest BCUT2D eigenvalue weighted by Crippen LogP contribution is 2.27. The van der Waals surface area contributed by atoms with Crippen molar-refractivity contribution >= 4 is 39.1 Å². The predicted molar refractivity (Wildman–Crippen MR) is 73.4 cm³/mol. The molecule has 0 aliphatic rings. The van der Waals surface area contributed by atoms with Crippen LogP contribution in [0.3, 0.4) is 0 Å². The normalized spacial score (nSPS) is 10.3. The van der Waals surface area contributed by atoms with Gasteiger partial charge in [0.25, 0.3) is 0 Å². The van der Waals surface area contributed by atoms with Gasteiger partial charge >= 0.3 is 0 Å². The van der Waals surface area contributed by atoms with Crippen LogP contribution in [0.25, 0.3) is 0 Å². The third-order valence-electron chi connectivity index (χ3n) is 2.01. The van der Waals surface area contributed by atoms with Gasteiger partial charge in [-0.15, -0.1) is 0 Å². The first-order valence-electron chi connectivity index (χ1n) is 4.82. The number of pyridine rings is 1. The molecule has 1 aromatic heterocycles. The molecule has 0 spiro atoms. The topological polar surface area (TPSA) is 22.1 Å². The largest absolute Gasteiger partial charge is 0.439 e. The highest BCUT2D eigenvalue weighted by Gasteiger charge is 2.02. The van der Waals surface area contributed by atoms with E-state index in [0.29, 0.717) is 21.7 Å². The molecule has 2 aromatic rings. The Hall–Kier alpha value is -0.770. The fourth-order valence-electron chi connectivity index (χ4n) is 1.26. The molecule has 0 fully saturated rings. The van der Waals surface area contributed by atoms with Crippen LogP contribution in [0, 0.1) is 0 Å². The van der Waals surface area contributed by atoms with Crippen molar-refractivity contribution in [1.29, 1.82) is 0 Å². The number of hydrogen-bond donors (Lipinski definition) is 0. The van der Waals surface area contributed by atoms with Gasteiger partial charge in [0.1, 0.15) is 5.75 Å². The van der Waals surface area contributed by atoms with Crippen LogP contribution in [0.2, 0.25) is 10.0 Å². The Morgan fingerprint density at radius 3 is 2.35 bits per heavy atom. The lowest BCUT2D eigenvalue weighted by Gasteiger charge is -2.06. The Morgan fingerprint density at radius 1 is 1.12 bits per heavy atom. The zero-order valence-corrected chi connectivity index (χ0v) is 11.8. The quantitative estimate of drug-likeness (QED) is 0.731. The fourth-order valence-corrected chi connectivity index (χ4v) is 2.10. The van der Waals surface area contributed by atoms with Crippen molar-refractivity contribution in [2.75, 3.05) is 0 Å². The van der Waals surface area contributed by atoms with E-state index in [1.54, 1.807) is 30.5 Å². The van der Waals surface area contributed by atoms with Crippen LogP contribution in [0.1, 0.15) is 5.56 Å². The maximum Gasteiger partial charge on any atom is 0.219 e. The Balaban J connectivity index is 2.19. The van der Waals surface area contributed by atoms with E-state index in [0.717, 1.165) is 10.9 Å². The van der Waals surface area contributed by atoms with Gasteiger partial charge in [-0.05, 0) is 23.8 Å². The third kappa shape index (κ3) is 3.60. The van der Waals surface area contributed by atoms with Gasteiger partial charge < -0.3 is 4.74 Å². The molecule has 0 bridgehead atoms. The van der Waals surface area contributed by atoms with Gasteiger partial charge in [0, 0.05) is 27.6 Å². The summed E-state index contributed by atoms with van der Waals surface area (Å²) in [6.45, 7) is 0. The van der Waals surface area contributed by atoms with Crippen molar-refractivity contribution in [2.45, 2.75) is 5.33 Å². The molecule has 1 aromatic carbocycles. The molecule has 0 radical (unpaired) electrons. The molecule has 2 nitrogen and oxygen atoms in total. The van der Waals surface area contributed by atoms with Gasteiger partial charge in [0.15, 0.2) is 0 Å². The summed E-state index contributed by atoms with van der Waals surface area (Å²) in [6, 6.07) is 8.76. The van der Waals surface area contributed by atoms with Crippen LogP contribution in [0.4, 0.5) is 0 Å². The molecule has 5 heteroatoms. The van der Waals surface area contributed by atoms with Gasteiger partial charge in [0.2, 0.25) is 5.88 Å². The van der Waals surface area contributed by atoms with Crippen LogP contribution in [0.15, 0.2) is 36.5 Å². The SMILES string of the molecule is Clc1cc(Cl)cc(Oc2ccc(CBr)cn2)c1. The summed E-state index contributed by atoms with van der Waals surface area (Å²) < 4.78 is 5.54. The number of alkyl halides is 1. The molecule has 1 heterocycles. The van der Waals surface area contributed by atoms with E-state index in [4.69, 9.17) is 27.9 Å². The summed E-state index contributed by atoms with van der Waals surface area (Å²) >= 11 is 15.1. The van der Waals surface area contributed by atoms with E-state index in [1.807, 2.05) is 6.07 Å². The Bertz CT molecular complexity index is 496. The van der Waals surface area contributed by atoms with Crippen molar-refractivity contribution in [2.24, 2.45) is 0 Å². The van der Waals surface area contributed by atoms with E-state index in [9.17, 15) is 0 Å². The average Bonchev–Trinajstić information content (AvgIpc) is 2.28. The molecule has 0 amide bonds. The molecule has 0 saturated heterocycles. The second-order valence-corrected chi connectivity index (χ2v) is 4.78. The van der Waals surface area contributed by atoms with Crippen LogP contribution < -0.4 is 4.74 Å². The first-order valence-corrected chi connectivity index (χ1v) is 6.70. The second kappa shape index (κ2) is 5.71. The molecule has 0 unspecified atom stereocenters. The average molecular weight is 333 g/mol. The number of nitrogens with zero attached hydrogens (tertiary/aromatic N) is 1. The number of halogens is 3. The Morgan fingerprint density at radius 2 is 1.82 bits per heavy atom. The van der Waals surface area contributed by atoms with Crippen LogP contribution in [-0.4, -0.2) is 4.98 Å². The van der Waals surface area contributed by atoms with E-state index in [1.165, 1.54) is 0 Å². The van der Waals surface area contributed by atoms with E-state index < -0.39 is 0 Å². The first kappa shape index (κ1) is 12.7. The Labute approximate surface area is 118 Å². The molecular weight excluding hydrogens is 325 g/mol. The van der Waals surface area contributed by atoms with Crippen LogP contribution in [0.5, 0.6) is 11.6 Å². The molecule has 0 atom stereocenters. The smallest absolute Gasteiger partial charge is 0.219 e. The van der Waals surface area contributed by atoms with E-state index in [-0.39, 0.29) is 0 Å². The van der Waals surface area contributed by atoms with Crippen molar-refractivity contribution in [3.8, 4) is 11.6 Å². The molecular formula is C12H8BrCl2NO. The Kier molecular flexibility index (Phi) is 4.26. The van der Waals surface area contributed by atoms with Crippen molar-refractivity contribution in [3.63, 3.8) is 0 Å². The lowest BCUT2D eigenvalue weighted by Crippen LogP contribution is -1.89. The highest BCUT2D eigenvalue weighted by atomic mass is 79.9. The van der Waals surface area contributed by atoms with Crippen molar-refractivity contribution < 1.29 is 4.74 Å². The lowest BCUT2D eigenvalue weighted by molar-refractivity contribution is 0.463. The molecule has 88 valence electrons. The summed E-state index contributed by atoms with van der Waals surface area (Å²) in [4.78, 5) is 4.17.